The minimum absolute atomic E-state index is 0.0351. The van der Waals surface area contributed by atoms with Crippen LogP contribution in [0.1, 0.15) is 58.8 Å². The van der Waals surface area contributed by atoms with E-state index in [0.717, 1.165) is 44.2 Å². The van der Waals surface area contributed by atoms with Crippen molar-refractivity contribution in [3.8, 4) is 0 Å². The van der Waals surface area contributed by atoms with Gasteiger partial charge in [-0.05, 0) is 61.7 Å². The molecule has 0 aromatic rings. The minimum atomic E-state index is -0.600. The van der Waals surface area contributed by atoms with Crippen LogP contribution in [0.3, 0.4) is 0 Å². The number of aliphatic carboxylic acids is 1. The molecule has 0 aromatic heterocycles. The van der Waals surface area contributed by atoms with Crippen molar-refractivity contribution in [2.24, 2.45) is 34.5 Å². The van der Waals surface area contributed by atoms with E-state index in [0.29, 0.717) is 24.2 Å². The van der Waals surface area contributed by atoms with Gasteiger partial charge in [-0.1, -0.05) is 19.9 Å². The predicted molar refractivity (Wildman–Crippen MR) is 86.4 cm³/mol. The van der Waals surface area contributed by atoms with Crippen LogP contribution in [0.2, 0.25) is 0 Å². The van der Waals surface area contributed by atoms with E-state index in [1.165, 1.54) is 0 Å². The van der Waals surface area contributed by atoms with Crippen LogP contribution in [-0.2, 0) is 9.59 Å². The number of carboxylic acids is 1. The van der Waals surface area contributed by atoms with Gasteiger partial charge in [-0.25, -0.2) is 0 Å². The largest absolute Gasteiger partial charge is 0.481 e. The third-order valence-corrected chi connectivity index (χ3v) is 7.91. The summed E-state index contributed by atoms with van der Waals surface area (Å²) in [4.78, 5) is 23.4. The summed E-state index contributed by atoms with van der Waals surface area (Å²) in [6.45, 7) is 4.55. The Hall–Kier alpha value is -1.32. The van der Waals surface area contributed by atoms with Gasteiger partial charge in [0.25, 0.3) is 0 Å². The fourth-order valence-electron chi connectivity index (χ4n) is 6.60. The highest BCUT2D eigenvalue weighted by molar-refractivity contribution is 5.79. The highest BCUT2D eigenvalue weighted by Gasteiger charge is 2.60. The molecule has 23 heavy (non-hydrogen) atoms. The molecule has 6 atom stereocenters. The standard InChI is InChI=1S/C19H27NO3/c1-18-9-7-13-11(12(18)4-5-14(18)17(22)23)3-6-15-19(13,2)10-8-16(21)20-15/h6,11-14H,3-5,7-10H2,1-2H3,(H,20,21)(H,22,23)/t11?,12-,13?,14+,18-,19+/m0/s1. The number of amides is 1. The maximum Gasteiger partial charge on any atom is 0.307 e. The van der Waals surface area contributed by atoms with E-state index >= 15 is 0 Å². The second-order valence-electron chi connectivity index (χ2n) is 8.71. The van der Waals surface area contributed by atoms with E-state index in [2.05, 4.69) is 25.2 Å². The summed E-state index contributed by atoms with van der Waals surface area (Å²) in [6.07, 6.45) is 8.83. The summed E-state index contributed by atoms with van der Waals surface area (Å²) in [6, 6.07) is 0. The molecule has 2 N–H and O–H groups in total. The topological polar surface area (TPSA) is 66.4 Å². The molecule has 2 saturated carbocycles. The fraction of sp³-hybridized carbons (Fsp3) is 0.789. The van der Waals surface area contributed by atoms with Gasteiger partial charge in [0, 0.05) is 17.5 Å². The summed E-state index contributed by atoms with van der Waals surface area (Å²) in [7, 11) is 0. The summed E-state index contributed by atoms with van der Waals surface area (Å²) < 4.78 is 0. The van der Waals surface area contributed by atoms with Crippen LogP contribution >= 0.6 is 0 Å². The summed E-state index contributed by atoms with van der Waals surface area (Å²) >= 11 is 0. The van der Waals surface area contributed by atoms with Crippen molar-refractivity contribution in [2.75, 3.05) is 0 Å². The molecule has 0 aromatic carbocycles. The number of piperidine rings is 1. The van der Waals surface area contributed by atoms with Gasteiger partial charge in [0.15, 0.2) is 0 Å². The van der Waals surface area contributed by atoms with Crippen LogP contribution in [0, 0.1) is 34.5 Å². The first-order valence-electron chi connectivity index (χ1n) is 9.09. The van der Waals surface area contributed by atoms with Crippen molar-refractivity contribution in [3.05, 3.63) is 11.8 Å². The molecular weight excluding hydrogens is 290 g/mol. The highest BCUT2D eigenvalue weighted by Crippen LogP contribution is 2.65. The number of carboxylic acid groups (broad SMARTS) is 1. The second-order valence-corrected chi connectivity index (χ2v) is 8.71. The Balaban J connectivity index is 1.67. The summed E-state index contributed by atoms with van der Waals surface area (Å²) in [5, 5.41) is 12.7. The Morgan fingerprint density at radius 3 is 2.74 bits per heavy atom. The molecule has 0 radical (unpaired) electrons. The van der Waals surface area contributed by atoms with E-state index in [4.69, 9.17) is 0 Å². The molecule has 0 bridgehead atoms. The Kier molecular flexibility index (Phi) is 3.20. The maximum atomic E-state index is 11.8. The lowest BCUT2D eigenvalue weighted by Gasteiger charge is -2.56. The number of hydrogen-bond donors (Lipinski definition) is 2. The first-order chi connectivity index (χ1) is 10.9. The van der Waals surface area contributed by atoms with Gasteiger partial charge in [-0.2, -0.15) is 0 Å². The number of hydrogen-bond acceptors (Lipinski definition) is 2. The minimum Gasteiger partial charge on any atom is -0.481 e. The van der Waals surface area contributed by atoms with Crippen LogP contribution < -0.4 is 5.32 Å². The molecule has 4 nitrogen and oxygen atoms in total. The lowest BCUT2D eigenvalue weighted by molar-refractivity contribution is -0.149. The first-order valence-corrected chi connectivity index (χ1v) is 9.09. The Morgan fingerprint density at radius 1 is 1.22 bits per heavy atom. The van der Waals surface area contributed by atoms with Crippen LogP contribution in [-0.4, -0.2) is 17.0 Å². The van der Waals surface area contributed by atoms with Crippen molar-refractivity contribution < 1.29 is 14.7 Å². The van der Waals surface area contributed by atoms with Gasteiger partial charge in [0.2, 0.25) is 5.91 Å². The van der Waals surface area contributed by atoms with Crippen molar-refractivity contribution in [1.29, 1.82) is 0 Å². The third kappa shape index (κ3) is 1.96. The Bertz CT molecular complexity index is 597. The number of allylic oxidation sites excluding steroid dienone is 2. The van der Waals surface area contributed by atoms with Crippen molar-refractivity contribution in [3.63, 3.8) is 0 Å². The van der Waals surface area contributed by atoms with Crippen LogP contribution in [0.4, 0.5) is 0 Å². The van der Waals surface area contributed by atoms with E-state index < -0.39 is 5.97 Å². The normalized spacial score (nSPS) is 48.6. The number of rotatable bonds is 1. The van der Waals surface area contributed by atoms with Gasteiger partial charge in [-0.15, -0.1) is 0 Å². The molecular formula is C19H27NO3. The Labute approximate surface area is 137 Å². The molecule has 0 spiro atoms. The van der Waals surface area contributed by atoms with E-state index in [-0.39, 0.29) is 22.7 Å². The molecule has 126 valence electrons. The van der Waals surface area contributed by atoms with Crippen LogP contribution in [0.5, 0.6) is 0 Å². The molecule has 3 aliphatic carbocycles. The lowest BCUT2D eigenvalue weighted by Crippen LogP contribution is -2.53. The Morgan fingerprint density at radius 2 is 2.00 bits per heavy atom. The molecule has 4 aliphatic rings. The zero-order valence-corrected chi connectivity index (χ0v) is 14.1. The molecule has 1 amide bonds. The first kappa shape index (κ1) is 15.2. The molecule has 3 fully saturated rings. The highest BCUT2D eigenvalue weighted by atomic mass is 16.4. The monoisotopic (exact) mass is 317 g/mol. The van der Waals surface area contributed by atoms with Crippen LogP contribution in [0.25, 0.3) is 0 Å². The van der Waals surface area contributed by atoms with Gasteiger partial charge < -0.3 is 10.4 Å². The molecule has 4 heteroatoms. The molecule has 1 saturated heterocycles. The smallest absolute Gasteiger partial charge is 0.307 e. The average molecular weight is 317 g/mol. The fourth-order valence-corrected chi connectivity index (χ4v) is 6.60. The second kappa shape index (κ2) is 4.84. The van der Waals surface area contributed by atoms with Gasteiger partial charge in [0.05, 0.1) is 5.92 Å². The molecule has 4 rings (SSSR count). The van der Waals surface area contributed by atoms with Gasteiger partial charge in [-0.3, -0.25) is 9.59 Å². The molecule has 1 heterocycles. The number of carbonyl (C=O) groups excluding carboxylic acids is 1. The van der Waals surface area contributed by atoms with E-state index in [1.54, 1.807) is 0 Å². The van der Waals surface area contributed by atoms with Crippen molar-refractivity contribution in [1.82, 2.24) is 5.32 Å². The predicted octanol–water partition coefficient (Wildman–Crippen LogP) is 3.33. The lowest BCUT2D eigenvalue weighted by atomic mass is 9.49. The maximum absolute atomic E-state index is 11.8. The van der Waals surface area contributed by atoms with Crippen molar-refractivity contribution >= 4 is 11.9 Å². The van der Waals surface area contributed by atoms with E-state index in [1.807, 2.05) is 0 Å². The summed E-state index contributed by atoms with van der Waals surface area (Å²) in [5.41, 5.74) is 1.19. The zero-order valence-electron chi connectivity index (χ0n) is 14.1. The van der Waals surface area contributed by atoms with Gasteiger partial charge in [0.1, 0.15) is 0 Å². The molecule has 1 aliphatic heterocycles. The molecule has 2 unspecified atom stereocenters. The SMILES string of the molecule is C[C@]12CCC3C(CC=C4NC(=O)CC[C@@]43C)[C@@H]1CC[C@@H]2C(=O)O. The summed E-state index contributed by atoms with van der Waals surface area (Å²) in [5.74, 6) is 1.08. The van der Waals surface area contributed by atoms with E-state index in [9.17, 15) is 14.7 Å². The number of nitrogens with one attached hydrogen (secondary N) is 1. The quantitative estimate of drug-likeness (QED) is 0.779. The van der Waals surface area contributed by atoms with Crippen LogP contribution in [0.15, 0.2) is 11.8 Å². The van der Waals surface area contributed by atoms with Gasteiger partial charge >= 0.3 is 5.97 Å². The van der Waals surface area contributed by atoms with Crippen molar-refractivity contribution in [2.45, 2.75) is 58.8 Å². The third-order valence-electron chi connectivity index (χ3n) is 7.91. The number of carbonyl (C=O) groups is 2. The number of fused-ring (bicyclic) bond motifs is 5. The average Bonchev–Trinajstić information content (AvgIpc) is 2.85. The zero-order chi connectivity index (χ0) is 16.4.